The molecule has 1 fully saturated rings. The van der Waals surface area contributed by atoms with Crippen LogP contribution in [0.2, 0.25) is 15.1 Å². The maximum absolute atomic E-state index is 12.8. The SMILES string of the molecule is CCOc1c(Cl)cc(/C=C2\SC(=O)N(Cc3ccc(Cl)c(Cl)c3)C2=O)cc1OC. The van der Waals surface area contributed by atoms with Gasteiger partial charge in [-0.25, -0.2) is 0 Å². The predicted octanol–water partition coefficient (Wildman–Crippen LogP) is 6.29. The molecule has 1 aliphatic rings. The van der Waals surface area contributed by atoms with Crippen LogP contribution in [0.15, 0.2) is 35.2 Å². The van der Waals surface area contributed by atoms with Gasteiger partial charge in [-0.1, -0.05) is 40.9 Å². The first-order valence-corrected chi connectivity index (χ1v) is 10.5. The molecule has 5 nitrogen and oxygen atoms in total. The van der Waals surface area contributed by atoms with Gasteiger partial charge in [-0.15, -0.1) is 0 Å². The molecule has 0 unspecified atom stereocenters. The van der Waals surface area contributed by atoms with Crippen molar-refractivity contribution in [3.05, 3.63) is 61.4 Å². The van der Waals surface area contributed by atoms with Crippen LogP contribution in [-0.2, 0) is 11.3 Å². The highest BCUT2D eigenvalue weighted by molar-refractivity contribution is 8.18. The van der Waals surface area contributed by atoms with Crippen molar-refractivity contribution in [3.63, 3.8) is 0 Å². The second-order valence-electron chi connectivity index (χ2n) is 5.98. The summed E-state index contributed by atoms with van der Waals surface area (Å²) < 4.78 is 10.8. The summed E-state index contributed by atoms with van der Waals surface area (Å²) >= 11 is 19.1. The molecule has 0 N–H and O–H groups in total. The van der Waals surface area contributed by atoms with E-state index in [4.69, 9.17) is 44.3 Å². The summed E-state index contributed by atoms with van der Waals surface area (Å²) in [4.78, 5) is 26.6. The van der Waals surface area contributed by atoms with Crippen LogP contribution in [0, 0.1) is 0 Å². The molecule has 152 valence electrons. The Morgan fingerprint density at radius 1 is 1.07 bits per heavy atom. The lowest BCUT2D eigenvalue weighted by Crippen LogP contribution is -2.27. The van der Waals surface area contributed by atoms with Gasteiger partial charge in [0.25, 0.3) is 11.1 Å². The van der Waals surface area contributed by atoms with Crippen LogP contribution < -0.4 is 9.47 Å². The van der Waals surface area contributed by atoms with E-state index in [1.54, 1.807) is 36.4 Å². The monoisotopic (exact) mass is 471 g/mol. The molecule has 0 radical (unpaired) electrons. The number of ether oxygens (including phenoxy) is 2. The molecule has 2 amide bonds. The van der Waals surface area contributed by atoms with Crippen molar-refractivity contribution in [1.29, 1.82) is 0 Å². The average Bonchev–Trinajstić information content (AvgIpc) is 2.94. The molecule has 1 saturated heterocycles. The summed E-state index contributed by atoms with van der Waals surface area (Å²) in [6.45, 7) is 2.38. The van der Waals surface area contributed by atoms with E-state index >= 15 is 0 Å². The second-order valence-corrected chi connectivity index (χ2v) is 8.20. The van der Waals surface area contributed by atoms with Gasteiger partial charge in [-0.05, 0) is 60.2 Å². The Bertz CT molecular complexity index is 1010. The summed E-state index contributed by atoms with van der Waals surface area (Å²) in [6, 6.07) is 8.33. The average molecular weight is 473 g/mol. The Morgan fingerprint density at radius 3 is 2.48 bits per heavy atom. The van der Waals surface area contributed by atoms with Crippen molar-refractivity contribution in [2.75, 3.05) is 13.7 Å². The Morgan fingerprint density at radius 2 is 1.83 bits per heavy atom. The summed E-state index contributed by atoms with van der Waals surface area (Å²) in [7, 11) is 1.50. The van der Waals surface area contributed by atoms with E-state index in [9.17, 15) is 9.59 Å². The normalized spacial score (nSPS) is 15.3. The van der Waals surface area contributed by atoms with E-state index in [0.717, 1.165) is 16.7 Å². The van der Waals surface area contributed by atoms with Crippen LogP contribution in [0.1, 0.15) is 18.1 Å². The minimum Gasteiger partial charge on any atom is -0.493 e. The molecular weight excluding hydrogens is 457 g/mol. The number of imide groups is 1. The first kappa shape index (κ1) is 21.8. The molecular formula is C20H16Cl3NO4S. The van der Waals surface area contributed by atoms with E-state index in [2.05, 4.69) is 0 Å². The summed E-state index contributed by atoms with van der Waals surface area (Å²) in [5, 5.41) is 0.761. The number of carbonyl (C=O) groups is 2. The predicted molar refractivity (Wildman–Crippen MR) is 117 cm³/mol. The van der Waals surface area contributed by atoms with Gasteiger partial charge in [0.15, 0.2) is 11.5 Å². The molecule has 2 aromatic carbocycles. The molecule has 9 heteroatoms. The van der Waals surface area contributed by atoms with Crippen molar-refractivity contribution in [1.82, 2.24) is 4.90 Å². The Labute approximate surface area is 187 Å². The number of carbonyl (C=O) groups excluding carboxylic acids is 2. The van der Waals surface area contributed by atoms with Gasteiger partial charge in [-0.2, -0.15) is 0 Å². The van der Waals surface area contributed by atoms with Gasteiger partial charge in [0.1, 0.15) is 0 Å². The molecule has 0 bridgehead atoms. The largest absolute Gasteiger partial charge is 0.493 e. The lowest BCUT2D eigenvalue weighted by molar-refractivity contribution is -0.123. The molecule has 2 aromatic rings. The Balaban J connectivity index is 1.86. The van der Waals surface area contributed by atoms with E-state index in [-0.39, 0.29) is 16.7 Å². The fourth-order valence-electron chi connectivity index (χ4n) is 2.72. The molecule has 0 aromatic heterocycles. The van der Waals surface area contributed by atoms with E-state index in [0.29, 0.717) is 44.3 Å². The molecule has 3 rings (SSSR count). The lowest BCUT2D eigenvalue weighted by atomic mass is 10.1. The topological polar surface area (TPSA) is 55.8 Å². The first-order chi connectivity index (χ1) is 13.8. The third-order valence-corrected chi connectivity index (χ3v) is 5.96. The second kappa shape index (κ2) is 9.30. The molecule has 0 aliphatic carbocycles. The molecule has 0 saturated carbocycles. The number of amides is 2. The summed E-state index contributed by atoms with van der Waals surface area (Å²) in [5.41, 5.74) is 1.32. The van der Waals surface area contributed by atoms with E-state index in [1.807, 2.05) is 6.92 Å². The summed E-state index contributed by atoms with van der Waals surface area (Å²) in [5.74, 6) is 0.484. The fraction of sp³-hybridized carbons (Fsp3) is 0.200. The van der Waals surface area contributed by atoms with Crippen molar-refractivity contribution >= 4 is 63.8 Å². The number of benzene rings is 2. The standard InChI is InChI=1S/C20H16Cl3NO4S/c1-3-28-18-15(23)7-12(8-16(18)27-2)9-17-19(25)24(20(26)29-17)10-11-4-5-13(21)14(22)6-11/h4-9H,3,10H2,1-2H3/b17-9-. The van der Waals surface area contributed by atoms with E-state index < -0.39 is 5.91 Å². The minimum absolute atomic E-state index is 0.103. The van der Waals surface area contributed by atoms with Crippen molar-refractivity contribution in [3.8, 4) is 11.5 Å². The van der Waals surface area contributed by atoms with Crippen molar-refractivity contribution in [2.24, 2.45) is 0 Å². The molecule has 0 atom stereocenters. The Hall–Kier alpha value is -1.86. The number of hydrogen-bond donors (Lipinski definition) is 0. The van der Waals surface area contributed by atoms with Crippen LogP contribution >= 0.6 is 46.6 Å². The molecule has 1 aliphatic heterocycles. The maximum Gasteiger partial charge on any atom is 0.293 e. The van der Waals surface area contributed by atoms with Crippen LogP contribution in [-0.4, -0.2) is 29.8 Å². The third-order valence-electron chi connectivity index (χ3n) is 4.04. The molecule has 29 heavy (non-hydrogen) atoms. The minimum atomic E-state index is -0.393. The quantitative estimate of drug-likeness (QED) is 0.462. The van der Waals surface area contributed by atoms with Crippen LogP contribution in [0.25, 0.3) is 6.08 Å². The van der Waals surface area contributed by atoms with Gasteiger partial charge in [0.2, 0.25) is 0 Å². The maximum atomic E-state index is 12.8. The zero-order valence-electron chi connectivity index (χ0n) is 15.5. The molecule has 1 heterocycles. The highest BCUT2D eigenvalue weighted by atomic mass is 35.5. The number of methoxy groups -OCH3 is 1. The van der Waals surface area contributed by atoms with Gasteiger partial charge in [-0.3, -0.25) is 14.5 Å². The van der Waals surface area contributed by atoms with Crippen molar-refractivity contribution < 1.29 is 19.1 Å². The van der Waals surface area contributed by atoms with Crippen LogP contribution in [0.5, 0.6) is 11.5 Å². The van der Waals surface area contributed by atoms with E-state index in [1.165, 1.54) is 7.11 Å². The zero-order valence-corrected chi connectivity index (χ0v) is 18.6. The van der Waals surface area contributed by atoms with Gasteiger partial charge < -0.3 is 9.47 Å². The third kappa shape index (κ3) is 4.83. The number of rotatable bonds is 6. The van der Waals surface area contributed by atoms with Gasteiger partial charge in [0, 0.05) is 0 Å². The Kier molecular flexibility index (Phi) is 7.01. The first-order valence-electron chi connectivity index (χ1n) is 8.53. The van der Waals surface area contributed by atoms with Crippen molar-refractivity contribution in [2.45, 2.75) is 13.5 Å². The number of hydrogen-bond acceptors (Lipinski definition) is 5. The highest BCUT2D eigenvalue weighted by Crippen LogP contribution is 2.39. The van der Waals surface area contributed by atoms with Gasteiger partial charge in [0.05, 0.1) is 40.2 Å². The fourth-order valence-corrected chi connectivity index (χ4v) is 4.15. The van der Waals surface area contributed by atoms with Crippen LogP contribution in [0.4, 0.5) is 4.79 Å². The highest BCUT2D eigenvalue weighted by Gasteiger charge is 2.35. The number of thioether (sulfide) groups is 1. The molecule has 0 spiro atoms. The van der Waals surface area contributed by atoms with Crippen LogP contribution in [0.3, 0.4) is 0 Å². The smallest absolute Gasteiger partial charge is 0.293 e. The number of halogens is 3. The summed E-state index contributed by atoms with van der Waals surface area (Å²) in [6.07, 6.45) is 1.60. The lowest BCUT2D eigenvalue weighted by Gasteiger charge is -2.13. The number of nitrogens with zero attached hydrogens (tertiary/aromatic N) is 1. The zero-order chi connectivity index (χ0) is 21.1. The van der Waals surface area contributed by atoms with Gasteiger partial charge >= 0.3 is 0 Å².